The molecule has 5 rings (SSSR count). The fraction of sp³-hybridized carbons (Fsp3) is 0.0323. The van der Waals surface area contributed by atoms with Crippen LogP contribution in [0.1, 0.15) is 11.1 Å². The number of halogens is 1. The maximum atomic E-state index is 13.4. The lowest BCUT2D eigenvalue weighted by Crippen LogP contribution is -2.54. The third kappa shape index (κ3) is 6.19. The average Bonchev–Trinajstić information content (AvgIpc) is 2.93. The Morgan fingerprint density at radius 2 is 1.41 bits per heavy atom. The molecule has 4 aromatic rings. The fourth-order valence-electron chi connectivity index (χ4n) is 4.09. The summed E-state index contributed by atoms with van der Waals surface area (Å²) in [6.45, 7) is 0. The number of amides is 2. The molecule has 0 aliphatic carbocycles. The van der Waals surface area contributed by atoms with Gasteiger partial charge < -0.3 is 4.74 Å². The van der Waals surface area contributed by atoms with Crippen molar-refractivity contribution < 1.29 is 19.1 Å². The first-order chi connectivity index (χ1) is 18.9. The van der Waals surface area contributed by atoms with Crippen LogP contribution in [0.25, 0.3) is 17.2 Å². The highest BCUT2D eigenvalue weighted by Gasteiger charge is 2.34. The quantitative estimate of drug-likeness (QED) is 0.115. The Hall–Kier alpha value is -4.40. The van der Waals surface area contributed by atoms with E-state index in [1.54, 1.807) is 30.3 Å². The molecule has 192 valence electrons. The minimum Gasteiger partial charge on any atom is -0.457 e. The van der Waals surface area contributed by atoms with Crippen molar-refractivity contribution in [3.05, 3.63) is 120 Å². The highest BCUT2D eigenvalue weighted by atomic mass is 79.9. The number of benzene rings is 4. The number of hydrogen-bond acceptors (Lipinski definition) is 5. The predicted molar refractivity (Wildman–Crippen MR) is 159 cm³/mol. The molecule has 0 saturated carbocycles. The summed E-state index contributed by atoms with van der Waals surface area (Å²) in [5, 5.41) is 2.62. The molecule has 0 aromatic heterocycles. The number of carbonyl (C=O) groups is 3. The van der Waals surface area contributed by atoms with E-state index in [4.69, 9.17) is 17.0 Å². The maximum Gasteiger partial charge on any atom is 0.270 e. The zero-order chi connectivity index (χ0) is 27.4. The standard InChI is InChI=1S/C31H21BrN2O4S/c32-28(35)19-21-8-12-23(13-9-21)22-10-6-20(7-11-22)18-27-29(36)33-31(39)34(30(27)37)24-14-16-26(17-15-24)38-25-4-2-1-3-5-25/h1-18H,19H2,(H,33,36,39)/b27-18+. The first-order valence-corrected chi connectivity index (χ1v) is 13.2. The smallest absolute Gasteiger partial charge is 0.270 e. The number of para-hydroxylation sites is 1. The summed E-state index contributed by atoms with van der Waals surface area (Å²) in [7, 11) is 0. The second-order valence-electron chi connectivity index (χ2n) is 8.72. The minimum atomic E-state index is -0.550. The monoisotopic (exact) mass is 596 g/mol. The van der Waals surface area contributed by atoms with Crippen LogP contribution in [-0.2, 0) is 20.8 Å². The molecular formula is C31H21BrN2O4S. The number of nitrogens with zero attached hydrogens (tertiary/aromatic N) is 1. The Bertz CT molecular complexity index is 1580. The van der Waals surface area contributed by atoms with Crippen molar-refractivity contribution in [2.24, 2.45) is 0 Å². The first kappa shape index (κ1) is 26.2. The Labute approximate surface area is 239 Å². The summed E-state index contributed by atoms with van der Waals surface area (Å²) in [5.41, 5.74) is 4.06. The minimum absolute atomic E-state index is 0.0132. The van der Waals surface area contributed by atoms with Gasteiger partial charge in [0.05, 0.1) is 5.69 Å². The van der Waals surface area contributed by atoms with Gasteiger partial charge in [0.1, 0.15) is 17.1 Å². The van der Waals surface area contributed by atoms with Gasteiger partial charge in [-0.1, -0.05) is 66.7 Å². The molecular weight excluding hydrogens is 576 g/mol. The van der Waals surface area contributed by atoms with Crippen LogP contribution in [0, 0.1) is 0 Å². The molecule has 8 heteroatoms. The van der Waals surface area contributed by atoms with E-state index in [1.165, 1.54) is 4.90 Å². The highest BCUT2D eigenvalue weighted by molar-refractivity contribution is 9.18. The van der Waals surface area contributed by atoms with Crippen molar-refractivity contribution in [3.8, 4) is 22.6 Å². The number of nitrogens with one attached hydrogen (secondary N) is 1. The molecule has 39 heavy (non-hydrogen) atoms. The third-order valence-corrected chi connectivity index (χ3v) is 6.59. The molecule has 0 atom stereocenters. The van der Waals surface area contributed by atoms with Gasteiger partial charge in [0.25, 0.3) is 11.8 Å². The molecule has 1 N–H and O–H groups in total. The van der Waals surface area contributed by atoms with Crippen molar-refractivity contribution in [1.82, 2.24) is 5.32 Å². The molecule has 0 radical (unpaired) electrons. The molecule has 1 fully saturated rings. The van der Waals surface area contributed by atoms with Gasteiger partial charge in [0.2, 0.25) is 4.69 Å². The van der Waals surface area contributed by atoms with Crippen LogP contribution in [0.2, 0.25) is 0 Å². The highest BCUT2D eigenvalue weighted by Crippen LogP contribution is 2.28. The number of hydrogen-bond donors (Lipinski definition) is 1. The molecule has 0 bridgehead atoms. The summed E-state index contributed by atoms with van der Waals surface area (Å²) in [6.07, 6.45) is 1.88. The van der Waals surface area contributed by atoms with Gasteiger partial charge in [-0.3, -0.25) is 24.6 Å². The van der Waals surface area contributed by atoms with Crippen LogP contribution in [0.15, 0.2) is 109 Å². The summed E-state index contributed by atoms with van der Waals surface area (Å²) in [6, 6.07) is 31.5. The van der Waals surface area contributed by atoms with Crippen LogP contribution in [-0.4, -0.2) is 21.6 Å². The zero-order valence-corrected chi connectivity index (χ0v) is 22.9. The van der Waals surface area contributed by atoms with Gasteiger partial charge in [-0.25, -0.2) is 0 Å². The van der Waals surface area contributed by atoms with E-state index in [0.717, 1.165) is 16.7 Å². The first-order valence-electron chi connectivity index (χ1n) is 12.0. The second-order valence-corrected chi connectivity index (χ2v) is 9.99. The van der Waals surface area contributed by atoms with Gasteiger partial charge in [-0.05, 0) is 92.9 Å². The van der Waals surface area contributed by atoms with Gasteiger partial charge in [-0.2, -0.15) is 0 Å². The average molecular weight is 597 g/mol. The molecule has 1 heterocycles. The van der Waals surface area contributed by atoms with Crippen molar-refractivity contribution in [3.63, 3.8) is 0 Å². The van der Waals surface area contributed by atoms with E-state index in [2.05, 4.69) is 21.2 Å². The van der Waals surface area contributed by atoms with E-state index in [0.29, 0.717) is 29.2 Å². The number of rotatable bonds is 7. The van der Waals surface area contributed by atoms with Crippen molar-refractivity contribution >= 4 is 61.5 Å². The topological polar surface area (TPSA) is 75.7 Å². The van der Waals surface area contributed by atoms with E-state index >= 15 is 0 Å². The summed E-state index contributed by atoms with van der Waals surface area (Å²) < 4.78 is 5.75. The van der Waals surface area contributed by atoms with Crippen LogP contribution >= 0.6 is 28.1 Å². The second kappa shape index (κ2) is 11.6. The van der Waals surface area contributed by atoms with E-state index < -0.39 is 11.8 Å². The summed E-state index contributed by atoms with van der Waals surface area (Å²) in [5.74, 6) is 0.237. The molecule has 0 unspecified atom stereocenters. The third-order valence-electron chi connectivity index (χ3n) is 6.03. The zero-order valence-electron chi connectivity index (χ0n) is 20.5. The van der Waals surface area contributed by atoms with Crippen LogP contribution in [0.4, 0.5) is 5.69 Å². The lowest BCUT2D eigenvalue weighted by molar-refractivity contribution is -0.122. The number of carbonyl (C=O) groups excluding carboxylic acids is 3. The van der Waals surface area contributed by atoms with Crippen molar-refractivity contribution in [2.45, 2.75) is 6.42 Å². The van der Waals surface area contributed by atoms with Gasteiger partial charge in [-0.15, -0.1) is 0 Å². The van der Waals surface area contributed by atoms with Crippen LogP contribution < -0.4 is 15.0 Å². The number of thiocarbonyl (C=S) groups is 1. The number of anilines is 1. The summed E-state index contributed by atoms with van der Waals surface area (Å²) in [4.78, 5) is 38.6. The molecule has 0 spiro atoms. The van der Waals surface area contributed by atoms with Crippen molar-refractivity contribution in [2.75, 3.05) is 4.90 Å². The Kier molecular flexibility index (Phi) is 7.76. The Morgan fingerprint density at radius 3 is 2.03 bits per heavy atom. The molecule has 2 amide bonds. The predicted octanol–water partition coefficient (Wildman–Crippen LogP) is 6.44. The maximum absolute atomic E-state index is 13.4. The molecule has 1 aliphatic rings. The van der Waals surface area contributed by atoms with E-state index in [9.17, 15) is 14.4 Å². The van der Waals surface area contributed by atoms with Crippen molar-refractivity contribution in [1.29, 1.82) is 0 Å². The molecule has 1 saturated heterocycles. The van der Waals surface area contributed by atoms with E-state index in [1.807, 2.05) is 78.9 Å². The fourth-order valence-corrected chi connectivity index (χ4v) is 4.70. The van der Waals surface area contributed by atoms with E-state index in [-0.39, 0.29) is 15.4 Å². The van der Waals surface area contributed by atoms with Gasteiger partial charge >= 0.3 is 0 Å². The Balaban J connectivity index is 1.33. The normalized spacial score (nSPS) is 14.3. The molecule has 4 aromatic carbocycles. The SMILES string of the molecule is O=C(Br)Cc1ccc(-c2ccc(/C=C3\C(=O)NC(=S)N(c4ccc(Oc5ccccc5)cc4)C3=O)cc2)cc1. The lowest BCUT2D eigenvalue weighted by atomic mass is 10.0. The van der Waals surface area contributed by atoms with Gasteiger partial charge in [0.15, 0.2) is 5.11 Å². The van der Waals surface area contributed by atoms with Crippen LogP contribution in [0.3, 0.4) is 0 Å². The Morgan fingerprint density at radius 1 is 0.821 bits per heavy atom. The van der Waals surface area contributed by atoms with Crippen LogP contribution in [0.5, 0.6) is 11.5 Å². The number of ether oxygens (including phenoxy) is 1. The largest absolute Gasteiger partial charge is 0.457 e. The molecule has 6 nitrogen and oxygen atoms in total. The lowest BCUT2D eigenvalue weighted by Gasteiger charge is -2.29. The summed E-state index contributed by atoms with van der Waals surface area (Å²) >= 11 is 8.27. The van der Waals surface area contributed by atoms with Gasteiger partial charge in [0, 0.05) is 6.42 Å². The molecule has 1 aliphatic heterocycles.